The first-order valence-corrected chi connectivity index (χ1v) is 6.71. The van der Waals surface area contributed by atoms with E-state index in [9.17, 15) is 10.1 Å². The lowest BCUT2D eigenvalue weighted by Gasteiger charge is -2.13. The molecular weight excluding hydrogens is 260 g/mol. The summed E-state index contributed by atoms with van der Waals surface area (Å²) in [5, 5.41) is 14.2. The molecule has 2 aromatic rings. The number of nitro benzene ring substituents is 1. The molecule has 2 fully saturated rings. The van der Waals surface area contributed by atoms with Gasteiger partial charge in [-0.15, -0.1) is 0 Å². The zero-order chi connectivity index (χ0) is 13.7. The summed E-state index contributed by atoms with van der Waals surface area (Å²) < 4.78 is 5.70. The molecule has 0 aliphatic carbocycles. The van der Waals surface area contributed by atoms with Crippen molar-refractivity contribution < 1.29 is 9.34 Å². The van der Waals surface area contributed by atoms with Crippen LogP contribution in [0, 0.1) is 22.0 Å². The fourth-order valence-corrected chi connectivity index (χ4v) is 3.16. The summed E-state index contributed by atoms with van der Waals surface area (Å²) in [6, 6.07) is 5.11. The van der Waals surface area contributed by atoms with E-state index in [2.05, 4.69) is 15.2 Å². The standard InChI is InChI=1S/C13H14N4O3/c18-17(19)10-1-2-11-12(3-10)20-13(15-11)16-6-8-4-14-5-9(8)7-16/h1-3,8-9,14H,4-7H2/t8-,9+. The van der Waals surface area contributed by atoms with Crippen LogP contribution in [0.1, 0.15) is 0 Å². The number of nitrogens with zero attached hydrogens (tertiary/aromatic N) is 3. The minimum atomic E-state index is -0.423. The van der Waals surface area contributed by atoms with E-state index in [1.807, 2.05) is 0 Å². The van der Waals surface area contributed by atoms with E-state index in [-0.39, 0.29) is 5.69 Å². The Balaban J connectivity index is 1.66. The first-order valence-electron chi connectivity index (χ1n) is 6.71. The Bertz CT molecular complexity index is 671. The van der Waals surface area contributed by atoms with Crippen LogP contribution in [-0.4, -0.2) is 36.1 Å². The Kier molecular flexibility index (Phi) is 2.43. The van der Waals surface area contributed by atoms with E-state index in [1.165, 1.54) is 12.1 Å². The van der Waals surface area contributed by atoms with Crippen LogP contribution in [-0.2, 0) is 0 Å². The number of nitrogens with one attached hydrogen (secondary N) is 1. The highest BCUT2D eigenvalue weighted by molar-refractivity contribution is 5.77. The number of oxazole rings is 1. The lowest BCUT2D eigenvalue weighted by Crippen LogP contribution is -2.25. The second kappa shape index (κ2) is 4.17. The number of aromatic nitrogens is 1. The molecule has 0 unspecified atom stereocenters. The third kappa shape index (κ3) is 1.74. The van der Waals surface area contributed by atoms with Crippen molar-refractivity contribution in [1.29, 1.82) is 0 Å². The maximum atomic E-state index is 10.8. The normalized spacial score (nSPS) is 25.3. The van der Waals surface area contributed by atoms with Crippen LogP contribution in [0.3, 0.4) is 0 Å². The van der Waals surface area contributed by atoms with Crippen molar-refractivity contribution in [2.75, 3.05) is 31.1 Å². The predicted octanol–water partition coefficient (Wildman–Crippen LogP) is 1.39. The van der Waals surface area contributed by atoms with Crippen LogP contribution in [0.5, 0.6) is 0 Å². The van der Waals surface area contributed by atoms with Gasteiger partial charge in [-0.2, -0.15) is 4.98 Å². The monoisotopic (exact) mass is 274 g/mol. The Morgan fingerprint density at radius 2 is 2.10 bits per heavy atom. The summed E-state index contributed by atoms with van der Waals surface area (Å²) in [4.78, 5) is 16.9. The van der Waals surface area contributed by atoms with Crippen LogP contribution in [0.25, 0.3) is 11.1 Å². The van der Waals surface area contributed by atoms with Gasteiger partial charge < -0.3 is 14.6 Å². The molecule has 3 heterocycles. The molecule has 2 saturated heterocycles. The molecule has 2 atom stereocenters. The minimum Gasteiger partial charge on any atom is -0.423 e. The van der Waals surface area contributed by atoms with Gasteiger partial charge in [0, 0.05) is 32.2 Å². The number of benzene rings is 1. The Morgan fingerprint density at radius 3 is 2.80 bits per heavy atom. The van der Waals surface area contributed by atoms with Gasteiger partial charge in [-0.1, -0.05) is 0 Å². The molecule has 0 saturated carbocycles. The van der Waals surface area contributed by atoms with Gasteiger partial charge in [-0.25, -0.2) is 0 Å². The maximum Gasteiger partial charge on any atom is 0.298 e. The number of non-ortho nitro benzene ring substituents is 1. The van der Waals surface area contributed by atoms with Crippen molar-refractivity contribution in [2.24, 2.45) is 11.8 Å². The SMILES string of the molecule is O=[N+]([O-])c1ccc2nc(N3C[C@H]4CNC[C@H]4C3)oc2c1. The van der Waals surface area contributed by atoms with Gasteiger partial charge in [-0.05, 0) is 17.9 Å². The summed E-state index contributed by atoms with van der Waals surface area (Å²) in [6.45, 7) is 3.97. The third-order valence-corrected chi connectivity index (χ3v) is 4.23. The maximum absolute atomic E-state index is 10.8. The second-order valence-electron chi connectivity index (χ2n) is 5.49. The summed E-state index contributed by atoms with van der Waals surface area (Å²) in [7, 11) is 0. The average molecular weight is 274 g/mol. The van der Waals surface area contributed by atoms with Crippen molar-refractivity contribution in [3.05, 3.63) is 28.3 Å². The molecule has 2 aliphatic heterocycles. The number of rotatable bonds is 2. The molecule has 0 bridgehead atoms. The number of fused-ring (bicyclic) bond motifs is 2. The molecule has 7 nitrogen and oxygen atoms in total. The highest BCUT2D eigenvalue weighted by Gasteiger charge is 2.37. The van der Waals surface area contributed by atoms with E-state index in [1.54, 1.807) is 6.07 Å². The van der Waals surface area contributed by atoms with Crippen molar-refractivity contribution in [2.45, 2.75) is 0 Å². The highest BCUT2D eigenvalue weighted by Crippen LogP contribution is 2.32. The van der Waals surface area contributed by atoms with Crippen molar-refractivity contribution in [3.63, 3.8) is 0 Å². The van der Waals surface area contributed by atoms with E-state index in [4.69, 9.17) is 4.42 Å². The zero-order valence-electron chi connectivity index (χ0n) is 10.8. The molecule has 1 aromatic carbocycles. The van der Waals surface area contributed by atoms with E-state index in [0.717, 1.165) is 26.2 Å². The van der Waals surface area contributed by atoms with Crippen LogP contribution in [0.15, 0.2) is 22.6 Å². The summed E-state index contributed by atoms with van der Waals surface area (Å²) in [5.41, 5.74) is 1.17. The lowest BCUT2D eigenvalue weighted by atomic mass is 10.0. The Hall–Kier alpha value is -2.15. The van der Waals surface area contributed by atoms with Gasteiger partial charge in [0.1, 0.15) is 5.52 Å². The van der Waals surface area contributed by atoms with Crippen LogP contribution >= 0.6 is 0 Å². The minimum absolute atomic E-state index is 0.0303. The van der Waals surface area contributed by atoms with Gasteiger partial charge in [0.25, 0.3) is 11.7 Å². The summed E-state index contributed by atoms with van der Waals surface area (Å²) in [5.74, 6) is 1.30. The fourth-order valence-electron chi connectivity index (χ4n) is 3.16. The summed E-state index contributed by atoms with van der Waals surface area (Å²) in [6.07, 6.45) is 0. The van der Waals surface area contributed by atoms with Crippen LogP contribution in [0.4, 0.5) is 11.7 Å². The molecule has 7 heteroatoms. The first-order chi connectivity index (χ1) is 9.70. The van der Waals surface area contributed by atoms with Crippen molar-refractivity contribution in [3.8, 4) is 0 Å². The Morgan fingerprint density at radius 1 is 1.35 bits per heavy atom. The zero-order valence-corrected chi connectivity index (χ0v) is 10.8. The average Bonchev–Trinajstić information content (AvgIpc) is 3.10. The number of anilines is 1. The quantitative estimate of drug-likeness (QED) is 0.658. The van der Waals surface area contributed by atoms with Crippen LogP contribution < -0.4 is 10.2 Å². The lowest BCUT2D eigenvalue weighted by molar-refractivity contribution is -0.384. The molecule has 1 N–H and O–H groups in total. The predicted molar refractivity (Wildman–Crippen MR) is 72.7 cm³/mol. The number of hydrogen-bond acceptors (Lipinski definition) is 6. The number of nitro groups is 1. The molecular formula is C13H14N4O3. The smallest absolute Gasteiger partial charge is 0.298 e. The molecule has 4 rings (SSSR count). The Labute approximate surface area is 114 Å². The van der Waals surface area contributed by atoms with E-state index in [0.29, 0.717) is 29.0 Å². The van der Waals surface area contributed by atoms with E-state index >= 15 is 0 Å². The molecule has 1 aromatic heterocycles. The molecule has 2 aliphatic rings. The van der Waals surface area contributed by atoms with Crippen LogP contribution in [0.2, 0.25) is 0 Å². The third-order valence-electron chi connectivity index (χ3n) is 4.23. The van der Waals surface area contributed by atoms with Gasteiger partial charge in [0.15, 0.2) is 5.58 Å². The molecule has 0 amide bonds. The van der Waals surface area contributed by atoms with Gasteiger partial charge >= 0.3 is 0 Å². The molecule has 0 radical (unpaired) electrons. The molecule has 0 spiro atoms. The van der Waals surface area contributed by atoms with Gasteiger partial charge in [0.05, 0.1) is 11.0 Å². The second-order valence-corrected chi connectivity index (χ2v) is 5.49. The molecule has 104 valence electrons. The highest BCUT2D eigenvalue weighted by atomic mass is 16.6. The fraction of sp³-hybridized carbons (Fsp3) is 0.462. The molecule has 20 heavy (non-hydrogen) atoms. The van der Waals surface area contributed by atoms with Crippen molar-refractivity contribution in [1.82, 2.24) is 10.3 Å². The summed E-state index contributed by atoms with van der Waals surface area (Å²) >= 11 is 0. The largest absolute Gasteiger partial charge is 0.423 e. The first kappa shape index (κ1) is 11.7. The van der Waals surface area contributed by atoms with E-state index < -0.39 is 4.92 Å². The van der Waals surface area contributed by atoms with Crippen molar-refractivity contribution >= 4 is 22.8 Å². The number of hydrogen-bond donors (Lipinski definition) is 1. The topological polar surface area (TPSA) is 84.4 Å². The van der Waals surface area contributed by atoms with Gasteiger partial charge in [0.2, 0.25) is 0 Å². The van der Waals surface area contributed by atoms with Gasteiger partial charge in [-0.3, -0.25) is 10.1 Å².